The molecule has 1 amide bonds. The fraction of sp³-hybridized carbons (Fsp3) is 0.560. The summed E-state index contributed by atoms with van der Waals surface area (Å²) in [6.45, 7) is 10.2. The van der Waals surface area contributed by atoms with Gasteiger partial charge in [0.25, 0.3) is 5.91 Å². The summed E-state index contributed by atoms with van der Waals surface area (Å²) in [5.41, 5.74) is 1.38. The van der Waals surface area contributed by atoms with E-state index in [4.69, 9.17) is 0 Å². The van der Waals surface area contributed by atoms with E-state index in [9.17, 15) is 19.1 Å². The SMILES string of the molecule is Cc1ccc(-c2nc(C(=O)NC(C(=O)O)C(C)(C)C)c3n2CCCN(CC2CC2)C3)c(F)c1. The van der Waals surface area contributed by atoms with Crippen LogP contribution in [-0.2, 0) is 17.9 Å². The highest BCUT2D eigenvalue weighted by atomic mass is 19.1. The fourth-order valence-corrected chi connectivity index (χ4v) is 4.49. The third-order valence-corrected chi connectivity index (χ3v) is 6.48. The molecular weight excluding hydrogens is 423 g/mol. The summed E-state index contributed by atoms with van der Waals surface area (Å²) in [5, 5.41) is 12.4. The normalized spacial score (nSPS) is 17.8. The zero-order valence-corrected chi connectivity index (χ0v) is 19.8. The summed E-state index contributed by atoms with van der Waals surface area (Å²) < 4.78 is 16.9. The molecule has 0 radical (unpaired) electrons. The zero-order chi connectivity index (χ0) is 23.9. The number of carbonyl (C=O) groups is 2. The molecule has 1 atom stereocenters. The summed E-state index contributed by atoms with van der Waals surface area (Å²) in [4.78, 5) is 32.1. The molecule has 2 N–H and O–H groups in total. The van der Waals surface area contributed by atoms with E-state index in [1.807, 2.05) is 17.6 Å². The molecule has 0 saturated heterocycles. The highest BCUT2D eigenvalue weighted by molar-refractivity contribution is 5.97. The first-order valence-electron chi connectivity index (χ1n) is 11.7. The van der Waals surface area contributed by atoms with Crippen molar-refractivity contribution in [2.24, 2.45) is 11.3 Å². The molecule has 1 aromatic carbocycles. The molecule has 4 rings (SSSR count). The minimum atomic E-state index is -1.10. The van der Waals surface area contributed by atoms with E-state index < -0.39 is 23.3 Å². The van der Waals surface area contributed by atoms with Crippen LogP contribution in [0.3, 0.4) is 0 Å². The third kappa shape index (κ3) is 5.11. The zero-order valence-electron chi connectivity index (χ0n) is 19.8. The van der Waals surface area contributed by atoms with Gasteiger partial charge in [0.1, 0.15) is 17.7 Å². The Hall–Kier alpha value is -2.74. The van der Waals surface area contributed by atoms with Crippen LogP contribution in [0, 0.1) is 24.1 Å². The molecule has 0 spiro atoms. The number of carboxylic acid groups (broad SMARTS) is 1. The van der Waals surface area contributed by atoms with Crippen LogP contribution < -0.4 is 5.32 Å². The number of benzene rings is 1. The molecule has 1 aromatic heterocycles. The number of hydrogen-bond acceptors (Lipinski definition) is 4. The molecule has 2 aromatic rings. The standard InChI is InChI=1S/C25H33FN4O3/c1-15-6-9-17(18(26)12-15)22-27-20(23(31)28-21(24(32)33)25(2,3)4)19-14-29(13-16-7-8-16)10-5-11-30(19)22/h6,9,12,16,21H,5,7-8,10-11,13-14H2,1-4H3,(H,28,31)(H,32,33). The second kappa shape index (κ2) is 8.89. The Bertz CT molecular complexity index is 1070. The van der Waals surface area contributed by atoms with Gasteiger partial charge in [-0.05, 0) is 55.2 Å². The van der Waals surface area contributed by atoms with Gasteiger partial charge in [-0.25, -0.2) is 14.2 Å². The molecule has 1 unspecified atom stereocenters. The third-order valence-electron chi connectivity index (χ3n) is 6.48. The average Bonchev–Trinajstić information content (AvgIpc) is 3.49. The van der Waals surface area contributed by atoms with E-state index in [-0.39, 0.29) is 11.5 Å². The van der Waals surface area contributed by atoms with E-state index in [2.05, 4.69) is 15.2 Å². The van der Waals surface area contributed by atoms with Gasteiger partial charge in [-0.15, -0.1) is 0 Å². The van der Waals surface area contributed by atoms with E-state index in [0.717, 1.165) is 30.8 Å². The first kappa shape index (κ1) is 23.4. The number of halogens is 1. The molecule has 8 heteroatoms. The average molecular weight is 457 g/mol. The van der Waals surface area contributed by atoms with Crippen LogP contribution in [0.1, 0.15) is 61.8 Å². The number of imidazole rings is 1. The second-order valence-electron chi connectivity index (χ2n) is 10.5. The van der Waals surface area contributed by atoms with Gasteiger partial charge in [0, 0.05) is 26.2 Å². The van der Waals surface area contributed by atoms with Gasteiger partial charge in [-0.2, -0.15) is 0 Å². The highest BCUT2D eigenvalue weighted by Gasteiger charge is 2.36. The molecule has 33 heavy (non-hydrogen) atoms. The number of nitrogens with one attached hydrogen (secondary N) is 1. The molecule has 0 bridgehead atoms. The Morgan fingerprint density at radius 2 is 2.00 bits per heavy atom. The first-order valence-corrected chi connectivity index (χ1v) is 11.7. The van der Waals surface area contributed by atoms with Crippen molar-refractivity contribution in [1.82, 2.24) is 19.8 Å². The van der Waals surface area contributed by atoms with Crippen molar-refractivity contribution in [3.63, 3.8) is 0 Å². The number of hydrogen-bond donors (Lipinski definition) is 2. The lowest BCUT2D eigenvalue weighted by molar-refractivity contribution is -0.142. The van der Waals surface area contributed by atoms with Crippen molar-refractivity contribution in [1.29, 1.82) is 0 Å². The number of nitrogens with zero attached hydrogens (tertiary/aromatic N) is 3. The Kier molecular flexibility index (Phi) is 6.31. The Balaban J connectivity index is 1.76. The van der Waals surface area contributed by atoms with Crippen LogP contribution in [0.25, 0.3) is 11.4 Å². The summed E-state index contributed by atoms with van der Waals surface area (Å²) in [6, 6.07) is 3.92. The van der Waals surface area contributed by atoms with Gasteiger partial charge in [0.05, 0.1) is 11.3 Å². The van der Waals surface area contributed by atoms with Crippen molar-refractivity contribution < 1.29 is 19.1 Å². The van der Waals surface area contributed by atoms with Crippen molar-refractivity contribution >= 4 is 11.9 Å². The predicted octanol–water partition coefficient (Wildman–Crippen LogP) is 3.84. The smallest absolute Gasteiger partial charge is 0.326 e. The van der Waals surface area contributed by atoms with E-state index in [1.54, 1.807) is 26.8 Å². The molecule has 7 nitrogen and oxygen atoms in total. The van der Waals surface area contributed by atoms with E-state index in [1.165, 1.54) is 18.9 Å². The maximum Gasteiger partial charge on any atom is 0.326 e. The Morgan fingerprint density at radius 1 is 1.27 bits per heavy atom. The van der Waals surface area contributed by atoms with Crippen LogP contribution in [0.4, 0.5) is 4.39 Å². The monoisotopic (exact) mass is 456 g/mol. The predicted molar refractivity (Wildman–Crippen MR) is 123 cm³/mol. The van der Waals surface area contributed by atoms with Crippen LogP contribution in [0.15, 0.2) is 18.2 Å². The van der Waals surface area contributed by atoms with E-state index >= 15 is 0 Å². The van der Waals surface area contributed by atoms with Crippen molar-refractivity contribution in [3.05, 3.63) is 41.0 Å². The lowest BCUT2D eigenvalue weighted by Gasteiger charge is -2.27. The molecule has 1 aliphatic carbocycles. The summed E-state index contributed by atoms with van der Waals surface area (Å²) >= 11 is 0. The number of aromatic nitrogens is 2. The minimum absolute atomic E-state index is 0.183. The van der Waals surface area contributed by atoms with Gasteiger partial charge in [0.15, 0.2) is 5.69 Å². The topological polar surface area (TPSA) is 87.5 Å². The van der Waals surface area contributed by atoms with E-state index in [0.29, 0.717) is 30.4 Å². The molecule has 2 heterocycles. The van der Waals surface area contributed by atoms with Gasteiger partial charge in [0.2, 0.25) is 0 Å². The molecule has 1 fully saturated rings. The maximum absolute atomic E-state index is 14.9. The molecular formula is C25H33FN4O3. The summed E-state index contributed by atoms with van der Waals surface area (Å²) in [6.07, 6.45) is 3.33. The first-order chi connectivity index (χ1) is 15.5. The molecule has 178 valence electrons. The van der Waals surface area contributed by atoms with Gasteiger partial charge < -0.3 is 15.0 Å². The lowest BCUT2D eigenvalue weighted by Crippen LogP contribution is -2.49. The Labute approximate surface area is 194 Å². The summed E-state index contributed by atoms with van der Waals surface area (Å²) in [7, 11) is 0. The summed E-state index contributed by atoms with van der Waals surface area (Å²) in [5.74, 6) is -0.895. The largest absolute Gasteiger partial charge is 0.480 e. The number of aliphatic carboxylic acids is 1. The van der Waals surface area contributed by atoms with Crippen LogP contribution in [0.2, 0.25) is 0 Å². The van der Waals surface area contributed by atoms with Gasteiger partial charge in [-0.1, -0.05) is 26.8 Å². The van der Waals surface area contributed by atoms with Gasteiger partial charge in [-0.3, -0.25) is 9.69 Å². The van der Waals surface area contributed by atoms with Crippen LogP contribution >= 0.6 is 0 Å². The number of amides is 1. The molecule has 2 aliphatic rings. The highest BCUT2D eigenvalue weighted by Crippen LogP contribution is 2.33. The minimum Gasteiger partial charge on any atom is -0.480 e. The maximum atomic E-state index is 14.9. The Morgan fingerprint density at radius 3 is 2.61 bits per heavy atom. The quantitative estimate of drug-likeness (QED) is 0.690. The number of aryl methyl sites for hydroxylation is 1. The van der Waals surface area contributed by atoms with Crippen molar-refractivity contribution in [3.8, 4) is 11.4 Å². The van der Waals surface area contributed by atoms with Crippen LogP contribution in [0.5, 0.6) is 0 Å². The molecule has 1 aliphatic heterocycles. The van der Waals surface area contributed by atoms with Crippen molar-refractivity contribution in [2.75, 3.05) is 13.1 Å². The number of rotatable bonds is 6. The second-order valence-corrected chi connectivity index (χ2v) is 10.5. The molecule has 1 saturated carbocycles. The van der Waals surface area contributed by atoms with Crippen molar-refractivity contribution in [2.45, 2.75) is 66.1 Å². The van der Waals surface area contributed by atoms with Crippen LogP contribution in [-0.4, -0.2) is 50.6 Å². The van der Waals surface area contributed by atoms with Gasteiger partial charge >= 0.3 is 5.97 Å². The number of carboxylic acids is 1. The number of fused-ring (bicyclic) bond motifs is 1. The number of carbonyl (C=O) groups excluding carboxylic acids is 1. The lowest BCUT2D eigenvalue weighted by atomic mass is 9.86. The fourth-order valence-electron chi connectivity index (χ4n) is 4.49.